The quantitative estimate of drug-likeness (QED) is 0.359. The maximum absolute atomic E-state index is 13.9. The van der Waals surface area contributed by atoms with Crippen LogP contribution in [0.2, 0.25) is 10.0 Å². The molecule has 1 aliphatic carbocycles. The van der Waals surface area contributed by atoms with Gasteiger partial charge in [-0.2, -0.15) is 0 Å². The summed E-state index contributed by atoms with van der Waals surface area (Å²) in [7, 11) is -3.95. The second-order valence-corrected chi connectivity index (χ2v) is 11.1. The summed E-state index contributed by atoms with van der Waals surface area (Å²) in [5.41, 5.74) is 1.89. The number of sulfonamides is 1. The first-order valence-corrected chi connectivity index (χ1v) is 13.6. The van der Waals surface area contributed by atoms with Gasteiger partial charge in [-0.05, 0) is 36.4 Å². The van der Waals surface area contributed by atoms with Crippen molar-refractivity contribution >= 4 is 72.3 Å². The van der Waals surface area contributed by atoms with E-state index >= 15 is 0 Å². The third-order valence-corrected chi connectivity index (χ3v) is 7.19. The second-order valence-electron chi connectivity index (χ2n) is 8.57. The van der Waals surface area contributed by atoms with Gasteiger partial charge in [-0.3, -0.25) is 14.6 Å². The highest BCUT2D eigenvalue weighted by Crippen LogP contribution is 2.37. The minimum absolute atomic E-state index is 0.0275. The lowest BCUT2D eigenvalue weighted by atomic mass is 9.93. The molecule has 7 nitrogen and oxygen atoms in total. The van der Waals surface area contributed by atoms with Gasteiger partial charge in [0.15, 0.2) is 5.78 Å². The Hall–Kier alpha value is -3.53. The second kappa shape index (κ2) is 9.41. The van der Waals surface area contributed by atoms with E-state index in [-0.39, 0.29) is 40.6 Å². The highest BCUT2D eigenvalue weighted by Gasteiger charge is 2.30. The van der Waals surface area contributed by atoms with Crippen LogP contribution in [0.25, 0.3) is 27.4 Å². The molecular weight excluding hydrogens is 540 g/mol. The molecule has 0 unspecified atom stereocenters. The van der Waals surface area contributed by atoms with E-state index in [0.717, 1.165) is 6.26 Å². The number of amides is 1. The highest BCUT2D eigenvalue weighted by molar-refractivity contribution is 7.89. The average molecular weight is 558 g/mol. The number of nitrogens with one attached hydrogen (secondary N) is 1. The molecule has 0 radical (unpaired) electrons. The lowest BCUT2D eigenvalue weighted by Crippen LogP contribution is -2.32. The molecule has 1 amide bonds. The molecule has 0 atom stereocenters. The lowest BCUT2D eigenvalue weighted by molar-refractivity contribution is -0.113. The molecule has 4 aromatic rings. The zero-order chi connectivity index (χ0) is 26.5. The number of halogens is 3. The normalized spacial score (nSPS) is 13.8. The number of fused-ring (bicyclic) bond motifs is 2. The molecule has 11 heteroatoms. The molecule has 37 heavy (non-hydrogen) atoms. The van der Waals surface area contributed by atoms with Crippen LogP contribution in [-0.2, 0) is 21.4 Å². The number of benzene rings is 2. The largest absolute Gasteiger partial charge is 0.331 e. The molecule has 0 saturated carbocycles. The molecule has 0 aliphatic heterocycles. The smallest absolute Gasteiger partial charge is 0.282 e. The number of carbonyl (C=O) groups is 2. The Kier molecular flexibility index (Phi) is 6.39. The minimum atomic E-state index is -3.95. The van der Waals surface area contributed by atoms with Gasteiger partial charge in [-0.1, -0.05) is 41.4 Å². The molecule has 2 heterocycles. The van der Waals surface area contributed by atoms with Crippen LogP contribution < -0.4 is 4.72 Å². The molecular formula is C26H18Cl2FN3O4S. The zero-order valence-corrected chi connectivity index (χ0v) is 21.6. The number of pyridine rings is 1. The van der Waals surface area contributed by atoms with Crippen molar-refractivity contribution in [2.24, 2.45) is 0 Å². The molecule has 188 valence electrons. The van der Waals surface area contributed by atoms with Gasteiger partial charge in [0.1, 0.15) is 11.5 Å². The van der Waals surface area contributed by atoms with E-state index in [0.29, 0.717) is 32.4 Å². The van der Waals surface area contributed by atoms with Crippen molar-refractivity contribution < 1.29 is 22.4 Å². The topological polar surface area (TPSA) is 98.1 Å². The Balaban J connectivity index is 1.81. The van der Waals surface area contributed by atoms with Gasteiger partial charge in [0.25, 0.3) is 5.91 Å². The molecule has 0 fully saturated rings. The highest BCUT2D eigenvalue weighted by atomic mass is 35.5. The average Bonchev–Trinajstić information content (AvgIpc) is 3.13. The van der Waals surface area contributed by atoms with Gasteiger partial charge in [0.05, 0.1) is 23.3 Å². The first-order chi connectivity index (χ1) is 17.5. The summed E-state index contributed by atoms with van der Waals surface area (Å²) < 4.78 is 41.5. The first-order valence-electron chi connectivity index (χ1n) is 11.0. The SMILES string of the molecule is CS(=O)(=O)NC(=O)c1c(C2=CC=CCC2=O)c2cc(Cl)ccc2n1Cc1cnc2ccc(F)cc2c1Cl. The fourth-order valence-electron chi connectivity index (χ4n) is 4.44. The van der Waals surface area contributed by atoms with Crippen molar-refractivity contribution in [3.8, 4) is 0 Å². The van der Waals surface area contributed by atoms with Crippen LogP contribution >= 0.6 is 23.2 Å². The molecule has 1 N–H and O–H groups in total. The van der Waals surface area contributed by atoms with Crippen LogP contribution in [0.1, 0.15) is 28.0 Å². The molecule has 0 bridgehead atoms. The van der Waals surface area contributed by atoms with E-state index in [1.54, 1.807) is 41.0 Å². The molecule has 2 aromatic carbocycles. The number of aromatic nitrogens is 2. The van der Waals surface area contributed by atoms with E-state index in [4.69, 9.17) is 23.2 Å². The Labute approximate surface area is 221 Å². The number of allylic oxidation sites excluding steroid dienone is 4. The summed E-state index contributed by atoms with van der Waals surface area (Å²) >= 11 is 12.9. The number of hydrogen-bond donors (Lipinski definition) is 1. The Morgan fingerprint density at radius 1 is 1.16 bits per heavy atom. The fraction of sp³-hybridized carbons (Fsp3) is 0.115. The molecule has 2 aromatic heterocycles. The van der Waals surface area contributed by atoms with Crippen LogP contribution in [-0.4, -0.2) is 35.9 Å². The van der Waals surface area contributed by atoms with Gasteiger partial charge < -0.3 is 4.57 Å². The standard InChI is InChI=1S/C26H18Cl2FN3O4S/c1-37(35,36)31-26(34)25-23(17-4-2-3-5-22(17)33)19-10-15(27)6-9-21(19)32(25)13-14-12-30-20-8-7-16(29)11-18(20)24(14)28/h2-4,6-12H,5,13H2,1H3,(H,31,34). The molecule has 0 spiro atoms. The third kappa shape index (κ3) is 4.77. The van der Waals surface area contributed by atoms with Crippen molar-refractivity contribution in [1.82, 2.24) is 14.3 Å². The number of hydrogen-bond acceptors (Lipinski definition) is 5. The van der Waals surface area contributed by atoms with Crippen LogP contribution in [0.5, 0.6) is 0 Å². The van der Waals surface area contributed by atoms with E-state index in [2.05, 4.69) is 4.98 Å². The summed E-state index contributed by atoms with van der Waals surface area (Å²) in [6, 6.07) is 8.95. The number of rotatable bonds is 5. The summed E-state index contributed by atoms with van der Waals surface area (Å²) in [6.45, 7) is -0.0275. The van der Waals surface area contributed by atoms with E-state index in [1.807, 2.05) is 4.72 Å². The molecule has 1 aliphatic rings. The summed E-state index contributed by atoms with van der Waals surface area (Å²) in [5, 5.41) is 1.46. The van der Waals surface area contributed by atoms with Gasteiger partial charge in [-0.25, -0.2) is 17.5 Å². The van der Waals surface area contributed by atoms with E-state index in [9.17, 15) is 22.4 Å². The van der Waals surface area contributed by atoms with Crippen molar-refractivity contribution in [3.63, 3.8) is 0 Å². The van der Waals surface area contributed by atoms with E-state index in [1.165, 1.54) is 24.4 Å². The Morgan fingerprint density at radius 2 is 1.95 bits per heavy atom. The first kappa shape index (κ1) is 25.1. The van der Waals surface area contributed by atoms with Crippen LogP contribution in [0.15, 0.2) is 60.8 Å². The predicted molar refractivity (Wildman–Crippen MR) is 142 cm³/mol. The van der Waals surface area contributed by atoms with Crippen LogP contribution in [0.4, 0.5) is 4.39 Å². The van der Waals surface area contributed by atoms with Gasteiger partial charge >= 0.3 is 0 Å². The monoisotopic (exact) mass is 557 g/mol. The third-order valence-electron chi connectivity index (χ3n) is 5.96. The Bertz CT molecular complexity index is 1810. The molecule has 5 rings (SSSR count). The fourth-order valence-corrected chi connectivity index (χ4v) is 5.30. The summed E-state index contributed by atoms with van der Waals surface area (Å²) in [5.74, 6) is -1.65. The van der Waals surface area contributed by atoms with Gasteiger partial charge in [-0.15, -0.1) is 0 Å². The zero-order valence-electron chi connectivity index (χ0n) is 19.3. The van der Waals surface area contributed by atoms with E-state index < -0.39 is 21.7 Å². The molecule has 0 saturated heterocycles. The number of Topliss-reactive ketones (excluding diaryl/α,β-unsaturated/α-hetero) is 1. The number of nitrogens with zero attached hydrogens (tertiary/aromatic N) is 2. The predicted octanol–water partition coefficient (Wildman–Crippen LogP) is 5.29. The number of carbonyl (C=O) groups excluding carboxylic acids is 2. The van der Waals surface area contributed by atoms with Crippen LogP contribution in [0.3, 0.4) is 0 Å². The van der Waals surface area contributed by atoms with Crippen molar-refractivity contribution in [2.45, 2.75) is 13.0 Å². The summed E-state index contributed by atoms with van der Waals surface area (Å²) in [6.07, 6.45) is 7.46. The summed E-state index contributed by atoms with van der Waals surface area (Å²) in [4.78, 5) is 30.7. The van der Waals surface area contributed by atoms with Gasteiger partial charge in [0.2, 0.25) is 10.0 Å². The van der Waals surface area contributed by atoms with Crippen molar-refractivity contribution in [3.05, 3.63) is 93.5 Å². The lowest BCUT2D eigenvalue weighted by Gasteiger charge is -2.15. The maximum atomic E-state index is 13.9. The van der Waals surface area contributed by atoms with Crippen molar-refractivity contribution in [1.29, 1.82) is 0 Å². The van der Waals surface area contributed by atoms with Crippen LogP contribution in [0, 0.1) is 5.82 Å². The minimum Gasteiger partial charge on any atom is -0.331 e. The van der Waals surface area contributed by atoms with Crippen molar-refractivity contribution in [2.75, 3.05) is 6.26 Å². The van der Waals surface area contributed by atoms with Gasteiger partial charge in [0, 0.05) is 50.6 Å². The Morgan fingerprint density at radius 3 is 2.68 bits per heavy atom. The number of ketones is 1. The maximum Gasteiger partial charge on any atom is 0.282 e.